The molecular weight excluding hydrogens is 444 g/mol. The van der Waals surface area contributed by atoms with E-state index in [1.165, 1.54) is 11.1 Å². The van der Waals surface area contributed by atoms with Crippen LogP contribution in [-0.2, 0) is 14.3 Å². The number of carboxylic acid groups (broad SMARTS) is 1. The van der Waals surface area contributed by atoms with Crippen LogP contribution in [0.3, 0.4) is 0 Å². The number of hydrogen-bond donors (Lipinski definition) is 3. The number of aliphatic carboxylic acids is 1. The van der Waals surface area contributed by atoms with Crippen LogP contribution in [0.2, 0.25) is 0 Å². The summed E-state index contributed by atoms with van der Waals surface area (Å²) in [6.45, 7) is 7.92. The molecule has 0 saturated carbocycles. The summed E-state index contributed by atoms with van der Waals surface area (Å²) < 4.78 is 5.57. The fourth-order valence-corrected chi connectivity index (χ4v) is 4.56. The van der Waals surface area contributed by atoms with Crippen molar-refractivity contribution in [3.05, 3.63) is 59.7 Å². The molecule has 7 heteroatoms. The number of fused-ring (bicyclic) bond motifs is 3. The Hall–Kier alpha value is -3.35. The van der Waals surface area contributed by atoms with Crippen molar-refractivity contribution in [1.29, 1.82) is 0 Å². The molecule has 0 bridgehead atoms. The number of rotatable bonds is 10. The van der Waals surface area contributed by atoms with Crippen molar-refractivity contribution in [1.82, 2.24) is 10.6 Å². The van der Waals surface area contributed by atoms with Gasteiger partial charge in [0.2, 0.25) is 5.91 Å². The number of benzene rings is 2. The van der Waals surface area contributed by atoms with Crippen molar-refractivity contribution in [2.75, 3.05) is 6.61 Å². The summed E-state index contributed by atoms with van der Waals surface area (Å²) in [5, 5.41) is 14.8. The first kappa shape index (κ1) is 26.3. The summed E-state index contributed by atoms with van der Waals surface area (Å²) in [5.74, 6) is -1.32. The summed E-state index contributed by atoms with van der Waals surface area (Å²) in [6, 6.07) is 15.3. The number of nitrogens with one attached hydrogen (secondary N) is 2. The van der Waals surface area contributed by atoms with Gasteiger partial charge in [-0.25, -0.2) is 9.59 Å². The largest absolute Gasteiger partial charge is 0.480 e. The van der Waals surface area contributed by atoms with Gasteiger partial charge in [0.25, 0.3) is 0 Å². The van der Waals surface area contributed by atoms with Gasteiger partial charge in [-0.05, 0) is 53.9 Å². The average molecular weight is 481 g/mol. The maximum absolute atomic E-state index is 12.4. The van der Waals surface area contributed by atoms with E-state index in [0.717, 1.165) is 11.1 Å². The predicted molar refractivity (Wildman–Crippen MR) is 135 cm³/mol. The Balaban J connectivity index is 1.42. The van der Waals surface area contributed by atoms with Gasteiger partial charge in [-0.15, -0.1) is 0 Å². The van der Waals surface area contributed by atoms with Gasteiger partial charge >= 0.3 is 12.1 Å². The lowest BCUT2D eigenvalue weighted by Crippen LogP contribution is -2.43. The zero-order valence-corrected chi connectivity index (χ0v) is 21.0. The number of amides is 2. The molecular formula is C28H36N2O5. The normalized spacial score (nSPS) is 14.4. The van der Waals surface area contributed by atoms with Crippen LogP contribution in [0.15, 0.2) is 48.5 Å². The quantitative estimate of drug-likeness (QED) is 0.439. The van der Waals surface area contributed by atoms with Gasteiger partial charge in [-0.2, -0.15) is 0 Å². The molecule has 2 atom stereocenters. The highest BCUT2D eigenvalue weighted by atomic mass is 16.5. The highest BCUT2D eigenvalue weighted by Crippen LogP contribution is 2.44. The molecule has 3 N–H and O–H groups in total. The van der Waals surface area contributed by atoms with Crippen LogP contribution in [-0.4, -0.2) is 41.8 Å². The molecule has 1 aliphatic rings. The molecule has 2 aromatic rings. The summed E-state index contributed by atoms with van der Waals surface area (Å²) in [5.41, 5.74) is 4.46. The van der Waals surface area contributed by atoms with E-state index in [1.54, 1.807) is 0 Å². The van der Waals surface area contributed by atoms with E-state index in [1.807, 2.05) is 52.0 Å². The fourth-order valence-electron chi connectivity index (χ4n) is 4.56. The minimum atomic E-state index is -1.03. The van der Waals surface area contributed by atoms with Crippen LogP contribution in [0.5, 0.6) is 0 Å². The van der Waals surface area contributed by atoms with E-state index < -0.39 is 18.1 Å². The Bertz CT molecular complexity index is 1010. The Morgan fingerprint density at radius 2 is 1.54 bits per heavy atom. The van der Waals surface area contributed by atoms with Gasteiger partial charge < -0.3 is 20.5 Å². The summed E-state index contributed by atoms with van der Waals surface area (Å²) in [6.07, 6.45) is 1.17. The van der Waals surface area contributed by atoms with Crippen molar-refractivity contribution in [3.8, 4) is 11.1 Å². The second-order valence-electron chi connectivity index (χ2n) is 10.5. The van der Waals surface area contributed by atoms with Crippen molar-refractivity contribution < 1.29 is 24.2 Å². The third kappa shape index (κ3) is 7.31. The zero-order chi connectivity index (χ0) is 25.6. The van der Waals surface area contributed by atoms with Crippen LogP contribution in [0.4, 0.5) is 4.79 Å². The molecule has 0 heterocycles. The topological polar surface area (TPSA) is 105 Å². The Morgan fingerprint density at radius 3 is 2.09 bits per heavy atom. The summed E-state index contributed by atoms with van der Waals surface area (Å²) in [7, 11) is 0. The van der Waals surface area contributed by atoms with E-state index in [4.69, 9.17) is 4.74 Å². The molecule has 0 fully saturated rings. The number of ether oxygens (including phenoxy) is 1. The predicted octanol–water partition coefficient (Wildman–Crippen LogP) is 5.09. The second-order valence-corrected chi connectivity index (χ2v) is 10.5. The van der Waals surface area contributed by atoms with E-state index in [0.29, 0.717) is 19.3 Å². The molecule has 0 spiro atoms. The minimum Gasteiger partial charge on any atom is -0.480 e. The average Bonchev–Trinajstić information content (AvgIpc) is 3.10. The third-order valence-corrected chi connectivity index (χ3v) is 6.20. The van der Waals surface area contributed by atoms with Crippen LogP contribution < -0.4 is 10.6 Å². The molecule has 0 saturated heterocycles. The van der Waals surface area contributed by atoms with Crippen molar-refractivity contribution >= 4 is 18.0 Å². The number of alkyl carbamates (subject to hydrolysis) is 1. The van der Waals surface area contributed by atoms with Crippen LogP contribution in [0.25, 0.3) is 11.1 Å². The molecule has 0 aliphatic heterocycles. The molecule has 2 aromatic carbocycles. The van der Waals surface area contributed by atoms with Gasteiger partial charge in [0.1, 0.15) is 12.6 Å². The van der Waals surface area contributed by atoms with Crippen LogP contribution in [0.1, 0.15) is 70.4 Å². The van der Waals surface area contributed by atoms with E-state index in [2.05, 4.69) is 34.9 Å². The highest BCUT2D eigenvalue weighted by molar-refractivity contribution is 5.83. The van der Waals surface area contributed by atoms with Gasteiger partial charge in [0, 0.05) is 18.4 Å². The number of carbonyl (C=O) groups is 3. The number of carbonyl (C=O) groups excluding carboxylic acids is 2. The Morgan fingerprint density at radius 1 is 0.971 bits per heavy atom. The number of hydrogen-bond acceptors (Lipinski definition) is 4. The van der Waals surface area contributed by atoms with Gasteiger partial charge in [-0.3, -0.25) is 4.79 Å². The zero-order valence-electron chi connectivity index (χ0n) is 21.0. The standard InChI is InChI=1S/C28H36N2O5/c1-18(10-9-15-25(31)30-24(26(32)33)16-28(2,3)4)29-27(34)35-17-23-21-13-7-5-11-19(21)20-12-6-8-14-22(20)23/h5-8,11-14,18,23-24H,9-10,15-17H2,1-4H3,(H,29,34)(H,30,31)(H,32,33). The maximum atomic E-state index is 12.4. The lowest BCUT2D eigenvalue weighted by Gasteiger charge is -2.24. The van der Waals surface area contributed by atoms with E-state index in [9.17, 15) is 19.5 Å². The highest BCUT2D eigenvalue weighted by Gasteiger charge is 2.29. The third-order valence-electron chi connectivity index (χ3n) is 6.20. The molecule has 7 nitrogen and oxygen atoms in total. The minimum absolute atomic E-state index is 0.00225. The molecule has 2 unspecified atom stereocenters. The van der Waals surface area contributed by atoms with Crippen molar-refractivity contribution in [2.24, 2.45) is 5.41 Å². The van der Waals surface area contributed by atoms with Gasteiger partial charge in [0.05, 0.1) is 0 Å². The maximum Gasteiger partial charge on any atom is 0.407 e. The summed E-state index contributed by atoms with van der Waals surface area (Å²) >= 11 is 0. The smallest absolute Gasteiger partial charge is 0.407 e. The second kappa shape index (κ2) is 11.4. The van der Waals surface area contributed by atoms with Crippen LogP contribution in [0, 0.1) is 5.41 Å². The summed E-state index contributed by atoms with van der Waals surface area (Å²) in [4.78, 5) is 36.1. The fraction of sp³-hybridized carbons (Fsp3) is 0.464. The van der Waals surface area contributed by atoms with Crippen LogP contribution >= 0.6 is 0 Å². The SMILES string of the molecule is CC(CCCC(=O)NC(CC(C)(C)C)C(=O)O)NC(=O)OCC1c2ccccc2-c2ccccc21. The van der Waals surface area contributed by atoms with E-state index >= 15 is 0 Å². The molecule has 0 radical (unpaired) electrons. The first-order chi connectivity index (χ1) is 16.5. The molecule has 35 heavy (non-hydrogen) atoms. The van der Waals surface area contributed by atoms with E-state index in [-0.39, 0.29) is 36.3 Å². The monoisotopic (exact) mass is 480 g/mol. The molecule has 1 aliphatic carbocycles. The number of carboxylic acids is 1. The lowest BCUT2D eigenvalue weighted by atomic mass is 9.88. The molecule has 0 aromatic heterocycles. The molecule has 3 rings (SSSR count). The first-order valence-electron chi connectivity index (χ1n) is 12.2. The Kier molecular flexibility index (Phi) is 8.54. The van der Waals surface area contributed by atoms with Gasteiger partial charge in [-0.1, -0.05) is 69.3 Å². The first-order valence-corrected chi connectivity index (χ1v) is 12.2. The Labute approximate surface area is 207 Å². The van der Waals surface area contributed by atoms with Gasteiger partial charge in [0.15, 0.2) is 0 Å². The molecule has 2 amide bonds. The molecule has 188 valence electrons. The van der Waals surface area contributed by atoms with Crippen molar-refractivity contribution in [2.45, 2.75) is 71.4 Å². The lowest BCUT2D eigenvalue weighted by molar-refractivity contribution is -0.142. The van der Waals surface area contributed by atoms with Crippen molar-refractivity contribution in [3.63, 3.8) is 0 Å².